The smallest absolute Gasteiger partial charge is 0.272 e. The van der Waals surface area contributed by atoms with Gasteiger partial charge in [-0.05, 0) is 44.1 Å². The van der Waals surface area contributed by atoms with E-state index in [-0.39, 0.29) is 16.7 Å². The molecule has 1 N–H and O–H groups in total. The SMILES string of the molecule is Cc1ccc(C(C)NC2CCC(C)(C)C2)cc1[N+](=O)[O-]. The van der Waals surface area contributed by atoms with Crippen LogP contribution in [0.15, 0.2) is 18.2 Å². The van der Waals surface area contributed by atoms with Gasteiger partial charge in [0.1, 0.15) is 0 Å². The lowest BCUT2D eigenvalue weighted by atomic mass is 9.91. The van der Waals surface area contributed by atoms with Crippen LogP contribution in [-0.4, -0.2) is 11.0 Å². The summed E-state index contributed by atoms with van der Waals surface area (Å²) in [6.07, 6.45) is 3.60. The molecule has 0 amide bonds. The molecule has 1 aromatic rings. The Kier molecular flexibility index (Phi) is 4.14. The van der Waals surface area contributed by atoms with E-state index < -0.39 is 0 Å². The largest absolute Gasteiger partial charge is 0.307 e. The molecule has 1 aliphatic carbocycles. The van der Waals surface area contributed by atoms with Gasteiger partial charge in [0.05, 0.1) is 4.92 Å². The molecule has 2 unspecified atom stereocenters. The van der Waals surface area contributed by atoms with Crippen molar-refractivity contribution < 1.29 is 4.92 Å². The molecule has 2 rings (SSSR count). The molecule has 0 aliphatic heterocycles. The van der Waals surface area contributed by atoms with Crippen molar-refractivity contribution in [2.45, 2.75) is 59.0 Å². The highest BCUT2D eigenvalue weighted by Crippen LogP contribution is 2.38. The Hall–Kier alpha value is -1.42. The fraction of sp³-hybridized carbons (Fsp3) is 0.625. The van der Waals surface area contributed by atoms with Crippen molar-refractivity contribution >= 4 is 5.69 Å². The van der Waals surface area contributed by atoms with Crippen LogP contribution in [0.2, 0.25) is 0 Å². The number of aryl methyl sites for hydroxylation is 1. The van der Waals surface area contributed by atoms with Crippen LogP contribution in [0.3, 0.4) is 0 Å². The second-order valence-corrected chi connectivity index (χ2v) is 6.80. The van der Waals surface area contributed by atoms with E-state index in [1.54, 1.807) is 13.0 Å². The van der Waals surface area contributed by atoms with Gasteiger partial charge in [-0.15, -0.1) is 0 Å². The van der Waals surface area contributed by atoms with Gasteiger partial charge in [-0.2, -0.15) is 0 Å². The second-order valence-electron chi connectivity index (χ2n) is 6.80. The number of benzene rings is 1. The van der Waals surface area contributed by atoms with Crippen molar-refractivity contribution in [2.75, 3.05) is 0 Å². The van der Waals surface area contributed by atoms with Crippen LogP contribution < -0.4 is 5.32 Å². The fourth-order valence-corrected chi connectivity index (χ4v) is 3.12. The van der Waals surface area contributed by atoms with Crippen molar-refractivity contribution in [3.05, 3.63) is 39.4 Å². The summed E-state index contributed by atoms with van der Waals surface area (Å²) in [6, 6.07) is 6.19. The van der Waals surface area contributed by atoms with Gasteiger partial charge in [0.15, 0.2) is 0 Å². The van der Waals surface area contributed by atoms with Gasteiger partial charge in [-0.1, -0.05) is 26.0 Å². The first kappa shape index (κ1) is 15.0. The molecule has 0 bridgehead atoms. The highest BCUT2D eigenvalue weighted by Gasteiger charge is 2.31. The number of hydrogen-bond acceptors (Lipinski definition) is 3. The maximum atomic E-state index is 11.0. The van der Waals surface area contributed by atoms with Crippen molar-refractivity contribution in [1.29, 1.82) is 0 Å². The van der Waals surface area contributed by atoms with Gasteiger partial charge in [-0.3, -0.25) is 10.1 Å². The molecule has 0 spiro atoms. The van der Waals surface area contributed by atoms with E-state index in [1.807, 2.05) is 12.1 Å². The Morgan fingerprint density at radius 2 is 2.15 bits per heavy atom. The Balaban J connectivity index is 2.08. The maximum Gasteiger partial charge on any atom is 0.272 e. The molecule has 1 fully saturated rings. The topological polar surface area (TPSA) is 55.2 Å². The van der Waals surface area contributed by atoms with Crippen LogP contribution in [0.4, 0.5) is 5.69 Å². The Morgan fingerprint density at radius 1 is 1.45 bits per heavy atom. The third-order valence-electron chi connectivity index (χ3n) is 4.38. The summed E-state index contributed by atoms with van der Waals surface area (Å²) in [5.74, 6) is 0. The molecule has 1 aliphatic rings. The number of nitro groups is 1. The van der Waals surface area contributed by atoms with E-state index in [0.717, 1.165) is 5.56 Å². The summed E-state index contributed by atoms with van der Waals surface area (Å²) >= 11 is 0. The summed E-state index contributed by atoms with van der Waals surface area (Å²) in [4.78, 5) is 10.7. The fourth-order valence-electron chi connectivity index (χ4n) is 3.12. The van der Waals surface area contributed by atoms with E-state index in [2.05, 4.69) is 26.1 Å². The summed E-state index contributed by atoms with van der Waals surface area (Å²) in [5, 5.41) is 14.6. The lowest BCUT2D eigenvalue weighted by Gasteiger charge is -2.22. The highest BCUT2D eigenvalue weighted by atomic mass is 16.6. The first-order valence-corrected chi connectivity index (χ1v) is 7.29. The van der Waals surface area contributed by atoms with Crippen molar-refractivity contribution in [2.24, 2.45) is 5.41 Å². The van der Waals surface area contributed by atoms with Crippen molar-refractivity contribution in [3.8, 4) is 0 Å². The van der Waals surface area contributed by atoms with Crippen molar-refractivity contribution in [1.82, 2.24) is 5.32 Å². The highest BCUT2D eigenvalue weighted by molar-refractivity contribution is 5.43. The van der Waals surface area contributed by atoms with Crippen LogP contribution in [0.5, 0.6) is 0 Å². The van der Waals surface area contributed by atoms with Gasteiger partial charge in [-0.25, -0.2) is 0 Å². The third-order valence-corrected chi connectivity index (χ3v) is 4.38. The van der Waals surface area contributed by atoms with Crippen molar-refractivity contribution in [3.63, 3.8) is 0 Å². The van der Waals surface area contributed by atoms with E-state index in [1.165, 1.54) is 19.3 Å². The number of nitro benzene ring substituents is 1. The van der Waals surface area contributed by atoms with Crippen LogP contribution in [-0.2, 0) is 0 Å². The standard InChI is InChI=1S/C16H24N2O2/c1-11-5-6-13(9-15(11)18(19)20)12(2)17-14-7-8-16(3,4)10-14/h5-6,9,12,14,17H,7-8,10H2,1-4H3. The van der Waals surface area contributed by atoms with Gasteiger partial charge < -0.3 is 5.32 Å². The minimum absolute atomic E-state index is 0.146. The van der Waals surface area contributed by atoms with Gasteiger partial charge >= 0.3 is 0 Å². The van der Waals surface area contributed by atoms with Crippen LogP contribution in [0, 0.1) is 22.5 Å². The summed E-state index contributed by atoms with van der Waals surface area (Å²) in [6.45, 7) is 8.46. The van der Waals surface area contributed by atoms with Gasteiger partial charge in [0, 0.05) is 23.7 Å². The number of rotatable bonds is 4. The third kappa shape index (κ3) is 3.37. The predicted octanol–water partition coefficient (Wildman–Crippen LogP) is 4.13. The van der Waals surface area contributed by atoms with Crippen LogP contribution in [0.1, 0.15) is 57.2 Å². The van der Waals surface area contributed by atoms with Crippen LogP contribution in [0.25, 0.3) is 0 Å². The van der Waals surface area contributed by atoms with E-state index in [9.17, 15) is 10.1 Å². The Labute approximate surface area is 120 Å². The molecule has 0 saturated heterocycles. The molecule has 1 saturated carbocycles. The molecule has 4 heteroatoms. The molecule has 0 aromatic heterocycles. The van der Waals surface area contributed by atoms with E-state index in [0.29, 0.717) is 17.0 Å². The summed E-state index contributed by atoms with van der Waals surface area (Å²) in [5.41, 5.74) is 2.33. The quantitative estimate of drug-likeness (QED) is 0.664. The second kappa shape index (κ2) is 5.52. The van der Waals surface area contributed by atoms with E-state index in [4.69, 9.17) is 0 Å². The number of nitrogens with zero attached hydrogens (tertiary/aromatic N) is 1. The minimum Gasteiger partial charge on any atom is -0.307 e. The molecular formula is C16H24N2O2. The molecule has 2 atom stereocenters. The first-order chi connectivity index (χ1) is 9.28. The zero-order chi connectivity index (χ0) is 14.9. The zero-order valence-corrected chi connectivity index (χ0v) is 12.8. The summed E-state index contributed by atoms with van der Waals surface area (Å²) in [7, 11) is 0. The molecule has 1 aromatic carbocycles. The summed E-state index contributed by atoms with van der Waals surface area (Å²) < 4.78 is 0. The minimum atomic E-state index is -0.301. The lowest BCUT2D eigenvalue weighted by Crippen LogP contribution is -2.30. The first-order valence-electron chi connectivity index (χ1n) is 7.29. The van der Waals surface area contributed by atoms with Gasteiger partial charge in [0.25, 0.3) is 5.69 Å². The lowest BCUT2D eigenvalue weighted by molar-refractivity contribution is -0.385. The monoisotopic (exact) mass is 276 g/mol. The molecule has 20 heavy (non-hydrogen) atoms. The van der Waals surface area contributed by atoms with E-state index >= 15 is 0 Å². The molecular weight excluding hydrogens is 252 g/mol. The molecule has 0 radical (unpaired) electrons. The van der Waals surface area contributed by atoms with Crippen LogP contribution >= 0.6 is 0 Å². The average Bonchev–Trinajstić information content (AvgIpc) is 2.68. The zero-order valence-electron chi connectivity index (χ0n) is 12.8. The number of nitrogens with one attached hydrogen (secondary N) is 1. The maximum absolute atomic E-state index is 11.0. The van der Waals surface area contributed by atoms with Gasteiger partial charge in [0.2, 0.25) is 0 Å². The normalized spacial score (nSPS) is 22.7. The predicted molar refractivity (Wildman–Crippen MR) is 80.8 cm³/mol. The molecule has 4 nitrogen and oxygen atoms in total. The Bertz CT molecular complexity index is 511. The molecule has 0 heterocycles. The average molecular weight is 276 g/mol. The Morgan fingerprint density at radius 3 is 2.70 bits per heavy atom. The molecule has 110 valence electrons. The number of hydrogen-bond donors (Lipinski definition) is 1.